The Morgan fingerprint density at radius 3 is 3.04 bits per heavy atom. The molecule has 0 spiro atoms. The number of aromatic nitrogens is 7. The van der Waals surface area contributed by atoms with Crippen molar-refractivity contribution in [2.24, 2.45) is 5.92 Å². The minimum Gasteiger partial charge on any atom is -0.370 e. The number of anilines is 1. The number of nitrogens with zero attached hydrogens (tertiary/aromatic N) is 7. The zero-order chi connectivity index (χ0) is 16.7. The van der Waals surface area contributed by atoms with Crippen molar-refractivity contribution in [3.8, 4) is 0 Å². The fraction of sp³-hybridized carbons (Fsp3) is 0.562. The van der Waals surface area contributed by atoms with Gasteiger partial charge in [-0.25, -0.2) is 4.98 Å². The van der Waals surface area contributed by atoms with Gasteiger partial charge >= 0.3 is 0 Å². The summed E-state index contributed by atoms with van der Waals surface area (Å²) in [5.74, 6) is 4.72. The lowest BCUT2D eigenvalue weighted by atomic mass is 9.98. The number of fused-ring (bicyclic) bond motifs is 2. The van der Waals surface area contributed by atoms with Gasteiger partial charge in [-0.2, -0.15) is 14.6 Å². The minimum atomic E-state index is 0.399. The van der Waals surface area contributed by atoms with Crippen LogP contribution in [0.1, 0.15) is 43.5 Å². The second-order valence-electron chi connectivity index (χ2n) is 6.78. The first kappa shape index (κ1) is 15.0. The summed E-state index contributed by atoms with van der Waals surface area (Å²) in [6.07, 6.45) is 3.64. The normalized spacial score (nSPS) is 17.4. The molecule has 0 saturated carbocycles. The number of rotatable bonds is 4. The fourth-order valence-corrected chi connectivity index (χ4v) is 3.31. The molecule has 1 aliphatic heterocycles. The molecule has 0 aromatic carbocycles. The van der Waals surface area contributed by atoms with Crippen LogP contribution in [0, 0.1) is 12.8 Å². The Labute approximate surface area is 140 Å². The van der Waals surface area contributed by atoms with E-state index in [2.05, 4.69) is 49.0 Å². The molecule has 1 atom stereocenters. The van der Waals surface area contributed by atoms with E-state index in [9.17, 15) is 0 Å². The van der Waals surface area contributed by atoms with Crippen molar-refractivity contribution in [2.75, 3.05) is 11.9 Å². The third-order valence-electron chi connectivity index (χ3n) is 4.54. The Hall–Kier alpha value is -2.51. The maximum atomic E-state index is 4.37. The van der Waals surface area contributed by atoms with E-state index in [1.54, 1.807) is 4.52 Å². The highest BCUT2D eigenvalue weighted by Gasteiger charge is 2.24. The van der Waals surface area contributed by atoms with E-state index < -0.39 is 0 Å². The molecule has 0 unspecified atom stereocenters. The van der Waals surface area contributed by atoms with Gasteiger partial charge in [-0.1, -0.05) is 13.8 Å². The minimum absolute atomic E-state index is 0.399. The predicted molar refractivity (Wildman–Crippen MR) is 89.9 cm³/mol. The molecule has 4 heterocycles. The topological polar surface area (TPSA) is 85.8 Å². The molecule has 24 heavy (non-hydrogen) atoms. The van der Waals surface area contributed by atoms with Crippen LogP contribution in [0.3, 0.4) is 0 Å². The van der Waals surface area contributed by atoms with E-state index in [1.165, 1.54) is 6.33 Å². The zero-order valence-electron chi connectivity index (χ0n) is 14.3. The summed E-state index contributed by atoms with van der Waals surface area (Å²) in [6.45, 7) is 8.15. The second-order valence-corrected chi connectivity index (χ2v) is 6.78. The van der Waals surface area contributed by atoms with Crippen molar-refractivity contribution in [2.45, 2.75) is 46.1 Å². The Balaban J connectivity index is 1.50. The van der Waals surface area contributed by atoms with Gasteiger partial charge in [0.05, 0.1) is 0 Å². The van der Waals surface area contributed by atoms with E-state index in [0.717, 1.165) is 49.1 Å². The molecule has 4 rings (SSSR count). The molecule has 0 saturated heterocycles. The SMILES string of the molecule is Cc1cc(NC[C@H]2CCc3nnc(C(C)C)n3C2)n2ncnc2n1. The first-order chi connectivity index (χ1) is 11.6. The van der Waals surface area contributed by atoms with Gasteiger partial charge in [0, 0.05) is 37.2 Å². The molecule has 1 N–H and O–H groups in total. The monoisotopic (exact) mass is 326 g/mol. The van der Waals surface area contributed by atoms with Gasteiger partial charge in [-0.15, -0.1) is 10.2 Å². The van der Waals surface area contributed by atoms with Crippen LogP contribution >= 0.6 is 0 Å². The molecule has 0 amide bonds. The Kier molecular flexibility index (Phi) is 3.66. The lowest BCUT2D eigenvalue weighted by molar-refractivity contribution is 0.371. The molecule has 0 radical (unpaired) electrons. The third kappa shape index (κ3) is 2.61. The summed E-state index contributed by atoms with van der Waals surface area (Å²) >= 11 is 0. The molecule has 3 aromatic heterocycles. The van der Waals surface area contributed by atoms with Gasteiger partial charge < -0.3 is 9.88 Å². The summed E-state index contributed by atoms with van der Waals surface area (Å²) in [7, 11) is 0. The Morgan fingerprint density at radius 2 is 2.21 bits per heavy atom. The first-order valence-electron chi connectivity index (χ1n) is 8.45. The summed E-state index contributed by atoms with van der Waals surface area (Å²) in [6, 6.07) is 2.01. The van der Waals surface area contributed by atoms with Crippen LogP contribution in [-0.2, 0) is 13.0 Å². The van der Waals surface area contributed by atoms with Crippen molar-refractivity contribution >= 4 is 11.6 Å². The van der Waals surface area contributed by atoms with Crippen molar-refractivity contribution in [3.05, 3.63) is 29.7 Å². The van der Waals surface area contributed by atoms with Gasteiger partial charge in [0.25, 0.3) is 5.78 Å². The zero-order valence-corrected chi connectivity index (χ0v) is 14.3. The molecule has 126 valence electrons. The standard InChI is InChI=1S/C16H22N8/c1-10(2)15-22-21-13-5-4-12(8-23(13)15)7-17-14-6-11(3)20-16-18-9-19-24(14)16/h6,9-10,12,17H,4-5,7-8H2,1-3H3/t12-/m1/s1. The van der Waals surface area contributed by atoms with Gasteiger partial charge in [0.2, 0.25) is 0 Å². The van der Waals surface area contributed by atoms with E-state index in [4.69, 9.17) is 0 Å². The summed E-state index contributed by atoms with van der Waals surface area (Å²) in [5, 5.41) is 16.5. The molecule has 0 aliphatic carbocycles. The highest BCUT2D eigenvalue weighted by molar-refractivity contribution is 5.44. The molecule has 1 aliphatic rings. The number of hydrogen-bond donors (Lipinski definition) is 1. The van der Waals surface area contributed by atoms with E-state index in [-0.39, 0.29) is 0 Å². The highest BCUT2D eigenvalue weighted by atomic mass is 15.4. The summed E-state index contributed by atoms with van der Waals surface area (Å²) < 4.78 is 4.04. The maximum absolute atomic E-state index is 4.37. The largest absolute Gasteiger partial charge is 0.370 e. The average molecular weight is 326 g/mol. The van der Waals surface area contributed by atoms with E-state index >= 15 is 0 Å². The van der Waals surface area contributed by atoms with E-state index in [0.29, 0.717) is 17.6 Å². The third-order valence-corrected chi connectivity index (χ3v) is 4.54. The molecule has 8 nitrogen and oxygen atoms in total. The van der Waals surface area contributed by atoms with Crippen LogP contribution in [0.5, 0.6) is 0 Å². The predicted octanol–water partition coefficient (Wildman–Crippen LogP) is 1.82. The average Bonchev–Trinajstić information content (AvgIpc) is 3.18. The second kappa shape index (κ2) is 5.85. The van der Waals surface area contributed by atoms with Crippen LogP contribution in [0.2, 0.25) is 0 Å². The number of nitrogens with one attached hydrogen (secondary N) is 1. The van der Waals surface area contributed by atoms with Gasteiger partial charge in [0.15, 0.2) is 0 Å². The molecule has 0 bridgehead atoms. The van der Waals surface area contributed by atoms with Crippen LogP contribution in [0.25, 0.3) is 5.78 Å². The number of hydrogen-bond acceptors (Lipinski definition) is 6. The molecule has 0 fully saturated rings. The molecular formula is C16H22N8. The number of aryl methyl sites for hydroxylation is 2. The molecular weight excluding hydrogens is 304 g/mol. The molecule has 8 heteroatoms. The maximum Gasteiger partial charge on any atom is 0.254 e. The fourth-order valence-electron chi connectivity index (χ4n) is 3.31. The van der Waals surface area contributed by atoms with Crippen molar-refractivity contribution in [3.63, 3.8) is 0 Å². The van der Waals surface area contributed by atoms with Gasteiger partial charge in [-0.05, 0) is 19.3 Å². The van der Waals surface area contributed by atoms with Crippen LogP contribution < -0.4 is 5.32 Å². The lowest BCUT2D eigenvalue weighted by Crippen LogP contribution is -2.28. The van der Waals surface area contributed by atoms with Gasteiger partial charge in [-0.3, -0.25) is 0 Å². The summed E-state index contributed by atoms with van der Waals surface area (Å²) in [5.41, 5.74) is 0.935. The summed E-state index contributed by atoms with van der Waals surface area (Å²) in [4.78, 5) is 8.54. The quantitative estimate of drug-likeness (QED) is 0.787. The van der Waals surface area contributed by atoms with Crippen LogP contribution in [0.15, 0.2) is 12.4 Å². The smallest absolute Gasteiger partial charge is 0.254 e. The molecule has 3 aromatic rings. The van der Waals surface area contributed by atoms with Crippen LogP contribution in [0.4, 0.5) is 5.82 Å². The lowest BCUT2D eigenvalue weighted by Gasteiger charge is -2.25. The van der Waals surface area contributed by atoms with Crippen molar-refractivity contribution in [1.82, 2.24) is 34.3 Å². The van der Waals surface area contributed by atoms with Gasteiger partial charge in [0.1, 0.15) is 23.8 Å². The Bertz CT molecular complexity index is 862. The van der Waals surface area contributed by atoms with Crippen molar-refractivity contribution < 1.29 is 0 Å². The highest BCUT2D eigenvalue weighted by Crippen LogP contribution is 2.24. The first-order valence-corrected chi connectivity index (χ1v) is 8.45. The van der Waals surface area contributed by atoms with E-state index in [1.807, 2.05) is 13.0 Å². The van der Waals surface area contributed by atoms with Crippen LogP contribution in [-0.4, -0.2) is 40.9 Å². The Morgan fingerprint density at radius 1 is 1.33 bits per heavy atom. The van der Waals surface area contributed by atoms with Crippen molar-refractivity contribution in [1.29, 1.82) is 0 Å².